The van der Waals surface area contributed by atoms with Gasteiger partial charge >= 0.3 is 6.09 Å². The van der Waals surface area contributed by atoms with Gasteiger partial charge in [0.2, 0.25) is 0 Å². The van der Waals surface area contributed by atoms with Gasteiger partial charge in [0.1, 0.15) is 5.60 Å². The second-order valence-corrected chi connectivity index (χ2v) is 5.39. The van der Waals surface area contributed by atoms with E-state index < -0.39 is 5.60 Å². The molecule has 17 heavy (non-hydrogen) atoms. The lowest BCUT2D eigenvalue weighted by atomic mass is 9.87. The van der Waals surface area contributed by atoms with Gasteiger partial charge < -0.3 is 14.7 Å². The Morgan fingerprint density at radius 2 is 2.24 bits per heavy atom. The quantitative estimate of drug-likeness (QED) is 0.751. The number of ether oxygens (including phenoxy) is 1. The van der Waals surface area contributed by atoms with Crippen molar-refractivity contribution in [2.75, 3.05) is 19.7 Å². The van der Waals surface area contributed by atoms with Crippen molar-refractivity contribution in [3.8, 4) is 6.07 Å². The molecule has 1 heterocycles. The molecule has 0 bridgehead atoms. The van der Waals surface area contributed by atoms with Crippen LogP contribution in [0.3, 0.4) is 0 Å². The number of piperidine rings is 1. The second-order valence-electron chi connectivity index (χ2n) is 5.39. The third kappa shape index (κ3) is 3.90. The number of aliphatic hydroxyl groups excluding tert-OH is 1. The zero-order valence-corrected chi connectivity index (χ0v) is 10.6. The third-order valence-corrected chi connectivity index (χ3v) is 2.81. The van der Waals surface area contributed by atoms with Gasteiger partial charge in [-0.25, -0.2) is 4.79 Å². The van der Waals surface area contributed by atoms with Gasteiger partial charge in [-0.15, -0.1) is 0 Å². The van der Waals surface area contributed by atoms with Crippen LogP contribution in [-0.2, 0) is 4.74 Å². The molecule has 0 spiro atoms. The summed E-state index contributed by atoms with van der Waals surface area (Å²) in [4.78, 5) is 13.3. The van der Waals surface area contributed by atoms with Crippen LogP contribution in [-0.4, -0.2) is 41.4 Å². The van der Waals surface area contributed by atoms with Crippen molar-refractivity contribution in [3.05, 3.63) is 0 Å². The molecule has 96 valence electrons. The number of hydrogen-bond acceptors (Lipinski definition) is 4. The van der Waals surface area contributed by atoms with E-state index in [-0.39, 0.29) is 24.5 Å². The number of amides is 1. The first kappa shape index (κ1) is 13.8. The molecule has 0 unspecified atom stereocenters. The van der Waals surface area contributed by atoms with E-state index in [1.54, 1.807) is 4.90 Å². The molecule has 1 N–H and O–H groups in total. The minimum absolute atomic E-state index is 0.000382. The molecule has 1 fully saturated rings. The minimum Gasteiger partial charge on any atom is -0.444 e. The van der Waals surface area contributed by atoms with E-state index in [2.05, 4.69) is 6.07 Å². The minimum atomic E-state index is -0.521. The van der Waals surface area contributed by atoms with Crippen LogP contribution >= 0.6 is 0 Å². The van der Waals surface area contributed by atoms with E-state index in [0.29, 0.717) is 19.5 Å². The fraction of sp³-hybridized carbons (Fsp3) is 0.833. The summed E-state index contributed by atoms with van der Waals surface area (Å²) >= 11 is 0. The number of rotatable bonds is 1. The SMILES string of the molecule is CC(C)(C)OC(=O)N1CC[C@H](CO)[C@H](C#N)C1. The van der Waals surface area contributed by atoms with E-state index >= 15 is 0 Å². The molecule has 1 amide bonds. The predicted molar refractivity (Wildman–Crippen MR) is 62.1 cm³/mol. The normalized spacial score (nSPS) is 25.2. The van der Waals surface area contributed by atoms with Crippen molar-refractivity contribution in [3.63, 3.8) is 0 Å². The topological polar surface area (TPSA) is 73.6 Å². The smallest absolute Gasteiger partial charge is 0.410 e. The molecule has 0 aromatic carbocycles. The van der Waals surface area contributed by atoms with E-state index in [1.807, 2.05) is 20.8 Å². The Morgan fingerprint density at radius 3 is 2.71 bits per heavy atom. The van der Waals surface area contributed by atoms with Crippen molar-refractivity contribution in [2.24, 2.45) is 11.8 Å². The predicted octanol–water partition coefficient (Wildman–Crippen LogP) is 1.38. The number of carbonyl (C=O) groups is 1. The molecule has 0 aromatic rings. The van der Waals surface area contributed by atoms with Crippen molar-refractivity contribution in [1.82, 2.24) is 4.90 Å². The van der Waals surface area contributed by atoms with E-state index in [1.165, 1.54) is 0 Å². The monoisotopic (exact) mass is 240 g/mol. The Labute approximate surface area is 102 Å². The maximum absolute atomic E-state index is 11.8. The third-order valence-electron chi connectivity index (χ3n) is 2.81. The molecule has 0 aromatic heterocycles. The molecule has 2 atom stereocenters. The number of nitriles is 1. The van der Waals surface area contributed by atoms with Crippen LogP contribution in [0.1, 0.15) is 27.2 Å². The molecule has 5 nitrogen and oxygen atoms in total. The first-order valence-corrected chi connectivity index (χ1v) is 5.86. The Bertz CT molecular complexity index is 317. The zero-order valence-electron chi connectivity index (χ0n) is 10.6. The summed E-state index contributed by atoms with van der Waals surface area (Å²) in [6.45, 7) is 6.32. The van der Waals surface area contributed by atoms with Crippen LogP contribution in [0.4, 0.5) is 4.79 Å². The lowest BCUT2D eigenvalue weighted by molar-refractivity contribution is 0.0103. The standard InChI is InChI=1S/C12H20N2O3/c1-12(2,3)17-11(16)14-5-4-9(8-15)10(6-13)7-14/h9-10,15H,4-5,7-8H2,1-3H3/t9-,10-/m1/s1. The molecular weight excluding hydrogens is 220 g/mol. The maximum atomic E-state index is 11.8. The van der Waals surface area contributed by atoms with E-state index in [0.717, 1.165) is 0 Å². The summed E-state index contributed by atoms with van der Waals surface area (Å²) in [5.74, 6) is -0.333. The first-order chi connectivity index (χ1) is 7.87. The van der Waals surface area contributed by atoms with Crippen LogP contribution in [0.25, 0.3) is 0 Å². The van der Waals surface area contributed by atoms with Crippen molar-refractivity contribution in [1.29, 1.82) is 5.26 Å². The van der Waals surface area contributed by atoms with Gasteiger partial charge in [0.15, 0.2) is 0 Å². The number of aliphatic hydroxyl groups is 1. The molecule has 1 saturated heterocycles. The molecule has 0 saturated carbocycles. The van der Waals surface area contributed by atoms with Crippen LogP contribution in [0, 0.1) is 23.2 Å². The highest BCUT2D eigenvalue weighted by Crippen LogP contribution is 2.24. The summed E-state index contributed by atoms with van der Waals surface area (Å²) < 4.78 is 5.25. The van der Waals surface area contributed by atoms with Crippen molar-refractivity contribution >= 4 is 6.09 Å². The number of hydrogen-bond donors (Lipinski definition) is 1. The molecule has 5 heteroatoms. The lowest BCUT2D eigenvalue weighted by Gasteiger charge is -2.35. The summed E-state index contributed by atoms with van der Waals surface area (Å²) in [6.07, 6.45) is 0.266. The lowest BCUT2D eigenvalue weighted by Crippen LogP contribution is -2.46. The average molecular weight is 240 g/mol. The molecule has 0 radical (unpaired) electrons. The number of likely N-dealkylation sites (tertiary alicyclic amines) is 1. The Morgan fingerprint density at radius 1 is 1.59 bits per heavy atom. The van der Waals surface area contributed by atoms with Gasteiger partial charge in [0.25, 0.3) is 0 Å². The summed E-state index contributed by atoms with van der Waals surface area (Å²) in [7, 11) is 0. The van der Waals surface area contributed by atoms with Gasteiger partial charge in [-0.1, -0.05) is 0 Å². The molecule has 1 aliphatic heterocycles. The van der Waals surface area contributed by atoms with E-state index in [4.69, 9.17) is 15.1 Å². The van der Waals surface area contributed by atoms with Crippen molar-refractivity contribution < 1.29 is 14.6 Å². The van der Waals surface area contributed by atoms with Crippen LogP contribution < -0.4 is 0 Å². The Balaban J connectivity index is 2.58. The van der Waals surface area contributed by atoms with Crippen LogP contribution in [0.15, 0.2) is 0 Å². The number of carbonyl (C=O) groups excluding carboxylic acids is 1. The van der Waals surface area contributed by atoms with Gasteiger partial charge in [-0.05, 0) is 27.2 Å². The van der Waals surface area contributed by atoms with Crippen LogP contribution in [0.2, 0.25) is 0 Å². The maximum Gasteiger partial charge on any atom is 0.410 e. The van der Waals surface area contributed by atoms with Gasteiger partial charge in [0.05, 0.1) is 12.0 Å². The Hall–Kier alpha value is -1.28. The van der Waals surface area contributed by atoms with E-state index in [9.17, 15) is 4.79 Å². The highest BCUT2D eigenvalue weighted by atomic mass is 16.6. The second kappa shape index (κ2) is 5.37. The molecule has 1 aliphatic rings. The van der Waals surface area contributed by atoms with Gasteiger partial charge in [-0.3, -0.25) is 0 Å². The average Bonchev–Trinajstić information content (AvgIpc) is 2.25. The summed E-state index contributed by atoms with van der Waals surface area (Å²) in [6, 6.07) is 2.14. The van der Waals surface area contributed by atoms with Gasteiger partial charge in [0, 0.05) is 25.6 Å². The summed E-state index contributed by atoms with van der Waals surface area (Å²) in [5, 5.41) is 18.1. The van der Waals surface area contributed by atoms with Crippen molar-refractivity contribution in [2.45, 2.75) is 32.8 Å². The number of nitrogens with zero attached hydrogens (tertiary/aromatic N) is 2. The zero-order chi connectivity index (χ0) is 13.1. The first-order valence-electron chi connectivity index (χ1n) is 5.86. The molecular formula is C12H20N2O3. The highest BCUT2D eigenvalue weighted by Gasteiger charge is 2.33. The van der Waals surface area contributed by atoms with Gasteiger partial charge in [-0.2, -0.15) is 5.26 Å². The fourth-order valence-electron chi connectivity index (χ4n) is 1.86. The summed E-state index contributed by atoms with van der Waals surface area (Å²) in [5.41, 5.74) is -0.521. The largest absolute Gasteiger partial charge is 0.444 e. The molecule has 1 rings (SSSR count). The molecule has 0 aliphatic carbocycles. The highest BCUT2D eigenvalue weighted by molar-refractivity contribution is 5.68. The van der Waals surface area contributed by atoms with Crippen LogP contribution in [0.5, 0.6) is 0 Å². The Kier molecular flexibility index (Phi) is 4.35. The fourth-order valence-corrected chi connectivity index (χ4v) is 1.86.